The third kappa shape index (κ3) is 2.03. The van der Waals surface area contributed by atoms with Crippen LogP contribution in [0.1, 0.15) is 51.9 Å². The summed E-state index contributed by atoms with van der Waals surface area (Å²) in [7, 11) is 0. The molecule has 0 aromatic heterocycles. The van der Waals surface area contributed by atoms with Gasteiger partial charge in [0.2, 0.25) is 0 Å². The number of esters is 1. The Morgan fingerprint density at radius 1 is 1.39 bits per heavy atom. The smallest absolute Gasteiger partial charge is 0.313 e. The Morgan fingerprint density at radius 3 is 2.74 bits per heavy atom. The third-order valence-corrected chi connectivity index (χ3v) is 6.65. The number of fused-ring (bicyclic) bond motifs is 5. The summed E-state index contributed by atoms with van der Waals surface area (Å²) in [6.07, 6.45) is 6.55. The number of carboxylic acid groups (broad SMARTS) is 1. The Kier molecular flexibility index (Phi) is 3.89. The van der Waals surface area contributed by atoms with E-state index in [1.165, 1.54) is 0 Å². The molecule has 5 unspecified atom stereocenters. The molecule has 2 bridgehead atoms. The minimum Gasteiger partial charge on any atom is -0.481 e. The van der Waals surface area contributed by atoms with Crippen molar-refractivity contribution in [2.75, 3.05) is 0 Å². The third-order valence-electron chi connectivity index (χ3n) is 6.65. The lowest BCUT2D eigenvalue weighted by Crippen LogP contribution is -2.52. The van der Waals surface area contributed by atoms with E-state index in [2.05, 4.69) is 13.2 Å². The maximum absolute atomic E-state index is 13.1. The molecule has 3 aliphatic carbocycles. The van der Waals surface area contributed by atoms with Gasteiger partial charge in [0.05, 0.1) is 10.8 Å². The summed E-state index contributed by atoms with van der Waals surface area (Å²) in [6.45, 7) is 9.42. The summed E-state index contributed by atoms with van der Waals surface area (Å²) >= 11 is 0. The molecule has 0 radical (unpaired) electrons. The molecule has 0 amide bonds. The molecule has 0 heterocycles. The molecule has 23 heavy (non-hydrogen) atoms. The number of ether oxygens (including phenoxy) is 1. The predicted molar refractivity (Wildman–Crippen MR) is 86.7 cm³/mol. The average Bonchev–Trinajstić information content (AvgIpc) is 3.17. The first kappa shape index (κ1) is 16.3. The number of rotatable bonds is 6. The summed E-state index contributed by atoms with van der Waals surface area (Å²) < 4.78 is 5.77. The molecule has 0 aliphatic heterocycles. The van der Waals surface area contributed by atoms with Gasteiger partial charge >= 0.3 is 11.9 Å². The van der Waals surface area contributed by atoms with Gasteiger partial charge < -0.3 is 9.84 Å². The number of hydrogen-bond acceptors (Lipinski definition) is 3. The van der Waals surface area contributed by atoms with Crippen LogP contribution in [0.3, 0.4) is 0 Å². The van der Waals surface area contributed by atoms with Crippen molar-refractivity contribution in [3.05, 3.63) is 24.8 Å². The largest absolute Gasteiger partial charge is 0.481 e. The van der Waals surface area contributed by atoms with E-state index in [1.807, 2.05) is 6.92 Å². The van der Waals surface area contributed by atoms with Gasteiger partial charge in [0.1, 0.15) is 6.10 Å². The number of hydrogen-bond donors (Lipinski definition) is 1. The molecule has 3 fully saturated rings. The lowest BCUT2D eigenvalue weighted by Gasteiger charge is -2.43. The fourth-order valence-electron chi connectivity index (χ4n) is 5.68. The van der Waals surface area contributed by atoms with Gasteiger partial charge in [0, 0.05) is 6.42 Å². The van der Waals surface area contributed by atoms with Crippen molar-refractivity contribution in [2.45, 2.75) is 58.0 Å². The van der Waals surface area contributed by atoms with Crippen LogP contribution in [-0.2, 0) is 14.3 Å². The lowest BCUT2D eigenvalue weighted by atomic mass is 9.59. The number of carbonyl (C=O) groups excluding carboxylic acids is 1. The molecule has 0 spiro atoms. The topological polar surface area (TPSA) is 63.6 Å². The fourth-order valence-corrected chi connectivity index (χ4v) is 5.68. The van der Waals surface area contributed by atoms with E-state index < -0.39 is 22.9 Å². The van der Waals surface area contributed by atoms with Crippen LogP contribution in [0.15, 0.2) is 24.8 Å². The van der Waals surface area contributed by atoms with Crippen LogP contribution in [0.2, 0.25) is 0 Å². The van der Waals surface area contributed by atoms with Crippen LogP contribution in [-0.4, -0.2) is 23.1 Å². The van der Waals surface area contributed by atoms with Crippen molar-refractivity contribution >= 4 is 11.9 Å². The molecule has 3 rings (SSSR count). The molecule has 4 heteroatoms. The highest BCUT2D eigenvalue weighted by Crippen LogP contribution is 2.73. The molecular formula is C19H26O4. The molecule has 5 atom stereocenters. The second-order valence-electron chi connectivity index (χ2n) is 7.62. The maximum Gasteiger partial charge on any atom is 0.313 e. The molecule has 4 nitrogen and oxygen atoms in total. The van der Waals surface area contributed by atoms with Crippen LogP contribution >= 0.6 is 0 Å². The van der Waals surface area contributed by atoms with E-state index in [0.29, 0.717) is 31.6 Å². The Labute approximate surface area is 137 Å². The van der Waals surface area contributed by atoms with Crippen LogP contribution in [0.4, 0.5) is 0 Å². The monoisotopic (exact) mass is 318 g/mol. The van der Waals surface area contributed by atoms with Gasteiger partial charge in [-0.15, -0.1) is 6.58 Å². The summed E-state index contributed by atoms with van der Waals surface area (Å²) in [4.78, 5) is 25.3. The highest BCUT2D eigenvalue weighted by Gasteiger charge is 2.75. The number of aliphatic carboxylic acids is 1. The van der Waals surface area contributed by atoms with Gasteiger partial charge in [-0.2, -0.15) is 0 Å². The van der Waals surface area contributed by atoms with E-state index in [9.17, 15) is 14.7 Å². The summed E-state index contributed by atoms with van der Waals surface area (Å²) in [5.41, 5.74) is -0.963. The maximum atomic E-state index is 13.1. The van der Waals surface area contributed by atoms with Crippen LogP contribution < -0.4 is 0 Å². The van der Waals surface area contributed by atoms with Gasteiger partial charge in [-0.05, 0) is 56.4 Å². The van der Waals surface area contributed by atoms with Crippen LogP contribution in [0.25, 0.3) is 0 Å². The summed E-state index contributed by atoms with van der Waals surface area (Å²) in [5, 5.41) is 10.0. The highest BCUT2D eigenvalue weighted by molar-refractivity contribution is 5.90. The van der Waals surface area contributed by atoms with Gasteiger partial charge in [0.25, 0.3) is 0 Å². The van der Waals surface area contributed by atoms with Gasteiger partial charge in [-0.3, -0.25) is 9.59 Å². The quantitative estimate of drug-likeness (QED) is 0.599. The minimum atomic E-state index is -0.902. The first-order valence-corrected chi connectivity index (χ1v) is 8.60. The Hall–Kier alpha value is -1.58. The van der Waals surface area contributed by atoms with E-state index in [0.717, 1.165) is 24.8 Å². The van der Waals surface area contributed by atoms with Gasteiger partial charge in [-0.25, -0.2) is 0 Å². The van der Waals surface area contributed by atoms with Crippen molar-refractivity contribution in [1.82, 2.24) is 0 Å². The molecule has 1 N–H and O–H groups in total. The Bertz CT molecular complexity index is 566. The molecule has 3 aliphatic rings. The molecule has 0 saturated heterocycles. The second kappa shape index (κ2) is 5.50. The van der Waals surface area contributed by atoms with Crippen molar-refractivity contribution in [3.8, 4) is 0 Å². The van der Waals surface area contributed by atoms with Crippen molar-refractivity contribution in [2.24, 2.45) is 22.7 Å². The normalized spacial score (nSPS) is 38.8. The number of carbonyl (C=O) groups is 2. The van der Waals surface area contributed by atoms with E-state index >= 15 is 0 Å². The van der Waals surface area contributed by atoms with Crippen LogP contribution in [0, 0.1) is 22.7 Å². The number of carboxylic acids is 1. The average molecular weight is 318 g/mol. The summed E-state index contributed by atoms with van der Waals surface area (Å²) in [5.74, 6) is -0.607. The van der Waals surface area contributed by atoms with E-state index in [4.69, 9.17) is 4.74 Å². The first-order chi connectivity index (χ1) is 10.9. The molecule has 0 aromatic rings. The first-order valence-electron chi connectivity index (χ1n) is 8.60. The van der Waals surface area contributed by atoms with Crippen molar-refractivity contribution in [1.29, 1.82) is 0 Å². The Balaban J connectivity index is 1.93. The van der Waals surface area contributed by atoms with Crippen molar-refractivity contribution in [3.63, 3.8) is 0 Å². The second-order valence-corrected chi connectivity index (χ2v) is 7.62. The fraction of sp³-hybridized carbons (Fsp3) is 0.684. The highest BCUT2D eigenvalue weighted by atomic mass is 16.5. The van der Waals surface area contributed by atoms with Crippen LogP contribution in [0.5, 0.6) is 0 Å². The standard InChI is InChI=1S/C19H26O4/c1-4-6-15(12(2)3)23-17(22)18-10-8-13(11-18)14-7-5-9-19(14,18)16(20)21/h4,13-15H,1-2,5-11H2,3H3,(H,20,21). The minimum absolute atomic E-state index is 0.143. The van der Waals surface area contributed by atoms with E-state index in [1.54, 1.807) is 6.08 Å². The van der Waals surface area contributed by atoms with Gasteiger partial charge in [-0.1, -0.05) is 19.1 Å². The predicted octanol–water partition coefficient (Wildman–Crippen LogP) is 3.72. The van der Waals surface area contributed by atoms with Crippen molar-refractivity contribution < 1.29 is 19.4 Å². The summed E-state index contributed by atoms with van der Waals surface area (Å²) in [6, 6.07) is 0. The zero-order valence-electron chi connectivity index (χ0n) is 13.8. The van der Waals surface area contributed by atoms with E-state index in [-0.39, 0.29) is 11.9 Å². The Morgan fingerprint density at radius 2 is 2.13 bits per heavy atom. The van der Waals surface area contributed by atoms with Gasteiger partial charge in [0.15, 0.2) is 0 Å². The molecular weight excluding hydrogens is 292 g/mol. The molecule has 3 saturated carbocycles. The molecule has 0 aromatic carbocycles. The zero-order chi connectivity index (χ0) is 16.8. The SMILES string of the molecule is C=CCC(OC(=O)C12CCC(C1)C1CCCC12C(=O)O)C(=C)C. The zero-order valence-corrected chi connectivity index (χ0v) is 13.8. The molecule has 126 valence electrons. The lowest BCUT2D eigenvalue weighted by molar-refractivity contribution is -0.181.